The molecule has 88 valence electrons. The Bertz CT molecular complexity index is 342. The van der Waals surface area contributed by atoms with E-state index >= 15 is 0 Å². The molecule has 0 spiro atoms. The smallest absolute Gasteiger partial charge is 0.275 e. The zero-order valence-electron chi connectivity index (χ0n) is 8.87. The molecule has 1 aliphatic carbocycles. The molecule has 1 aromatic rings. The number of hydrogen-bond acceptors (Lipinski definition) is 2. The third-order valence-electron chi connectivity index (χ3n) is 2.96. The molecular formula is C12H15F2NO. The summed E-state index contributed by atoms with van der Waals surface area (Å²) in [5.41, 5.74) is 0.768. The molecule has 0 aromatic heterocycles. The van der Waals surface area contributed by atoms with Crippen LogP contribution in [0.5, 0.6) is 0 Å². The van der Waals surface area contributed by atoms with E-state index in [0.29, 0.717) is 12.8 Å². The SMILES string of the molecule is O[C@H]1[C@H](Nc2ccccc2)CCCC1(F)F. The van der Waals surface area contributed by atoms with Gasteiger partial charge in [0.05, 0.1) is 6.04 Å². The van der Waals surface area contributed by atoms with E-state index in [1.54, 1.807) is 12.1 Å². The minimum Gasteiger partial charge on any atom is -0.385 e. The maximum absolute atomic E-state index is 13.3. The Morgan fingerprint density at radius 3 is 2.62 bits per heavy atom. The van der Waals surface area contributed by atoms with Crippen LogP contribution in [0.4, 0.5) is 14.5 Å². The van der Waals surface area contributed by atoms with E-state index in [9.17, 15) is 13.9 Å². The first kappa shape index (κ1) is 11.3. The Balaban J connectivity index is 2.05. The minimum absolute atomic E-state index is 0.221. The normalized spacial score (nSPS) is 28.7. The van der Waals surface area contributed by atoms with E-state index in [0.717, 1.165) is 5.69 Å². The first-order chi connectivity index (χ1) is 7.59. The van der Waals surface area contributed by atoms with Crippen molar-refractivity contribution in [3.63, 3.8) is 0 Å². The molecule has 16 heavy (non-hydrogen) atoms. The van der Waals surface area contributed by atoms with Gasteiger partial charge in [-0.2, -0.15) is 0 Å². The van der Waals surface area contributed by atoms with Gasteiger partial charge in [-0.25, -0.2) is 8.78 Å². The second-order valence-corrected chi connectivity index (χ2v) is 4.21. The second-order valence-electron chi connectivity index (χ2n) is 4.21. The van der Waals surface area contributed by atoms with Crippen molar-refractivity contribution in [2.45, 2.75) is 37.3 Å². The molecule has 0 amide bonds. The van der Waals surface area contributed by atoms with Crippen LogP contribution in [0.1, 0.15) is 19.3 Å². The van der Waals surface area contributed by atoms with E-state index in [2.05, 4.69) is 5.32 Å². The summed E-state index contributed by atoms with van der Waals surface area (Å²) in [6.07, 6.45) is -0.803. The lowest BCUT2D eigenvalue weighted by atomic mass is 9.89. The van der Waals surface area contributed by atoms with Crippen molar-refractivity contribution in [3.8, 4) is 0 Å². The molecule has 0 bridgehead atoms. The van der Waals surface area contributed by atoms with Crippen LogP contribution in [0.15, 0.2) is 30.3 Å². The molecule has 0 aliphatic heterocycles. The van der Waals surface area contributed by atoms with Crippen molar-refractivity contribution < 1.29 is 13.9 Å². The molecule has 2 rings (SSSR count). The topological polar surface area (TPSA) is 32.3 Å². The number of nitrogens with one attached hydrogen (secondary N) is 1. The molecule has 2 atom stereocenters. The number of anilines is 1. The summed E-state index contributed by atoms with van der Waals surface area (Å²) in [6, 6.07) is 8.56. The summed E-state index contributed by atoms with van der Waals surface area (Å²) < 4.78 is 26.5. The highest BCUT2D eigenvalue weighted by molar-refractivity contribution is 5.43. The van der Waals surface area contributed by atoms with Gasteiger partial charge in [-0.1, -0.05) is 18.2 Å². The summed E-state index contributed by atoms with van der Waals surface area (Å²) in [4.78, 5) is 0. The molecule has 1 fully saturated rings. The number of halogens is 2. The highest BCUT2D eigenvalue weighted by Crippen LogP contribution is 2.34. The Morgan fingerprint density at radius 2 is 1.94 bits per heavy atom. The molecule has 2 N–H and O–H groups in total. The lowest BCUT2D eigenvalue weighted by Gasteiger charge is -2.35. The monoisotopic (exact) mass is 227 g/mol. The van der Waals surface area contributed by atoms with Gasteiger partial charge in [-0.05, 0) is 25.0 Å². The average molecular weight is 227 g/mol. The molecule has 1 aliphatic rings. The number of aliphatic hydroxyl groups excluding tert-OH is 1. The van der Waals surface area contributed by atoms with E-state index in [4.69, 9.17) is 0 Å². The van der Waals surface area contributed by atoms with Crippen LogP contribution < -0.4 is 5.32 Å². The Morgan fingerprint density at radius 1 is 1.25 bits per heavy atom. The van der Waals surface area contributed by atoms with Crippen molar-refractivity contribution in [2.24, 2.45) is 0 Å². The first-order valence-electron chi connectivity index (χ1n) is 5.47. The van der Waals surface area contributed by atoms with Crippen molar-refractivity contribution in [1.82, 2.24) is 0 Å². The second kappa shape index (κ2) is 4.37. The molecule has 0 unspecified atom stereocenters. The molecule has 1 saturated carbocycles. The summed E-state index contributed by atoms with van der Waals surface area (Å²) in [7, 11) is 0. The van der Waals surface area contributed by atoms with E-state index in [1.165, 1.54) is 0 Å². The van der Waals surface area contributed by atoms with E-state index in [-0.39, 0.29) is 6.42 Å². The third kappa shape index (κ3) is 2.32. The lowest BCUT2D eigenvalue weighted by molar-refractivity contribution is -0.135. The van der Waals surface area contributed by atoms with Crippen LogP contribution in [0.3, 0.4) is 0 Å². The standard InChI is InChI=1S/C12H15F2NO/c13-12(14)8-4-7-10(11(12)16)15-9-5-2-1-3-6-9/h1-3,5-6,10-11,15-16H,4,7-8H2/t10-,11+/m1/s1. The fraction of sp³-hybridized carbons (Fsp3) is 0.500. The van der Waals surface area contributed by atoms with Crippen LogP contribution in [0, 0.1) is 0 Å². The van der Waals surface area contributed by atoms with Gasteiger partial charge >= 0.3 is 0 Å². The summed E-state index contributed by atoms with van der Waals surface area (Å²) in [5, 5.41) is 12.5. The number of rotatable bonds is 2. The van der Waals surface area contributed by atoms with Gasteiger partial charge in [0, 0.05) is 12.1 Å². The Labute approximate surface area is 93.3 Å². The van der Waals surface area contributed by atoms with Crippen molar-refractivity contribution >= 4 is 5.69 Å². The van der Waals surface area contributed by atoms with Crippen LogP contribution in [-0.4, -0.2) is 23.2 Å². The van der Waals surface area contributed by atoms with Crippen LogP contribution >= 0.6 is 0 Å². The van der Waals surface area contributed by atoms with Crippen molar-refractivity contribution in [1.29, 1.82) is 0 Å². The third-order valence-corrected chi connectivity index (χ3v) is 2.96. The number of benzene rings is 1. The minimum atomic E-state index is -2.97. The van der Waals surface area contributed by atoms with E-state index in [1.807, 2.05) is 18.2 Å². The van der Waals surface area contributed by atoms with Crippen LogP contribution in [0.25, 0.3) is 0 Å². The molecule has 0 heterocycles. The quantitative estimate of drug-likeness (QED) is 0.814. The van der Waals surface area contributed by atoms with Gasteiger partial charge < -0.3 is 10.4 Å². The van der Waals surface area contributed by atoms with Gasteiger partial charge in [0.15, 0.2) is 0 Å². The summed E-state index contributed by atoms with van der Waals surface area (Å²) in [6.45, 7) is 0. The number of aliphatic hydroxyl groups is 1. The molecule has 0 radical (unpaired) electrons. The molecule has 1 aromatic carbocycles. The average Bonchev–Trinajstić information content (AvgIpc) is 2.26. The van der Waals surface area contributed by atoms with Crippen molar-refractivity contribution in [3.05, 3.63) is 30.3 Å². The van der Waals surface area contributed by atoms with Gasteiger partial charge in [0.2, 0.25) is 0 Å². The highest BCUT2D eigenvalue weighted by Gasteiger charge is 2.45. The maximum Gasteiger partial charge on any atom is 0.275 e. The fourth-order valence-corrected chi connectivity index (χ4v) is 2.06. The predicted octanol–water partition coefficient (Wildman–Crippen LogP) is 2.65. The maximum atomic E-state index is 13.3. The number of alkyl halides is 2. The molecule has 4 heteroatoms. The Kier molecular flexibility index (Phi) is 3.10. The van der Waals surface area contributed by atoms with Gasteiger partial charge in [-0.15, -0.1) is 0 Å². The first-order valence-corrected chi connectivity index (χ1v) is 5.47. The van der Waals surface area contributed by atoms with Crippen LogP contribution in [0.2, 0.25) is 0 Å². The van der Waals surface area contributed by atoms with Gasteiger partial charge in [-0.3, -0.25) is 0 Å². The predicted molar refractivity (Wildman–Crippen MR) is 58.7 cm³/mol. The number of para-hydroxylation sites is 1. The lowest BCUT2D eigenvalue weighted by Crippen LogP contribution is -2.49. The fourth-order valence-electron chi connectivity index (χ4n) is 2.06. The summed E-state index contributed by atoms with van der Waals surface area (Å²) in [5.74, 6) is -2.97. The van der Waals surface area contributed by atoms with Gasteiger partial charge in [0.25, 0.3) is 5.92 Å². The summed E-state index contributed by atoms with van der Waals surface area (Å²) >= 11 is 0. The molecule has 2 nitrogen and oxygen atoms in total. The zero-order valence-corrected chi connectivity index (χ0v) is 8.87. The Hall–Kier alpha value is -1.16. The number of hydrogen-bond donors (Lipinski definition) is 2. The van der Waals surface area contributed by atoms with Crippen molar-refractivity contribution in [2.75, 3.05) is 5.32 Å². The molecule has 0 saturated heterocycles. The molecular weight excluding hydrogens is 212 g/mol. The van der Waals surface area contributed by atoms with E-state index < -0.39 is 18.1 Å². The highest BCUT2D eigenvalue weighted by atomic mass is 19.3. The van der Waals surface area contributed by atoms with Crippen LogP contribution in [-0.2, 0) is 0 Å². The largest absolute Gasteiger partial charge is 0.385 e. The zero-order chi connectivity index (χ0) is 11.6. The van der Waals surface area contributed by atoms with Gasteiger partial charge in [0.1, 0.15) is 6.10 Å².